The first-order valence-corrected chi connectivity index (χ1v) is 6.52. The molecular weight excluding hydrogens is 255 g/mol. The van der Waals surface area contributed by atoms with Crippen molar-refractivity contribution in [1.29, 1.82) is 0 Å². The Morgan fingerprint density at radius 2 is 2.05 bits per heavy atom. The Morgan fingerprint density at radius 1 is 1.26 bits per heavy atom. The second-order valence-corrected chi connectivity index (χ2v) is 4.77. The van der Waals surface area contributed by atoms with Crippen LogP contribution < -0.4 is 5.32 Å². The van der Waals surface area contributed by atoms with Crippen LogP contribution in [0.1, 0.15) is 30.0 Å². The molecule has 0 amide bonds. The van der Waals surface area contributed by atoms with Crippen LogP contribution in [-0.2, 0) is 11.2 Å². The maximum atomic E-state index is 11.9. The third kappa shape index (κ3) is 4.51. The minimum atomic E-state index is -4.23. The van der Waals surface area contributed by atoms with Crippen molar-refractivity contribution in [2.75, 3.05) is 19.8 Å². The number of alkyl halides is 3. The molecule has 0 saturated carbocycles. The Balaban J connectivity index is 1.75. The molecule has 1 heterocycles. The summed E-state index contributed by atoms with van der Waals surface area (Å²) in [6.07, 6.45) is -1.79. The highest BCUT2D eigenvalue weighted by Crippen LogP contribution is 2.26. The van der Waals surface area contributed by atoms with Crippen molar-refractivity contribution in [3.8, 4) is 0 Å². The zero-order valence-electron chi connectivity index (χ0n) is 10.7. The van der Waals surface area contributed by atoms with Crippen LogP contribution in [0.2, 0.25) is 0 Å². The zero-order chi connectivity index (χ0) is 13.7. The van der Waals surface area contributed by atoms with Gasteiger partial charge in [-0.1, -0.05) is 24.3 Å². The Hall–Kier alpha value is -1.07. The first-order chi connectivity index (χ1) is 9.06. The molecule has 1 aliphatic heterocycles. The Labute approximate surface area is 111 Å². The molecule has 0 aromatic heterocycles. The first kappa shape index (κ1) is 14.3. The fraction of sp³-hybridized carbons (Fsp3) is 0.571. The number of nitrogens with one attached hydrogen (secondary N) is 1. The molecule has 2 nitrogen and oxygen atoms in total. The lowest BCUT2D eigenvalue weighted by atomic mass is 9.92. The molecule has 1 aromatic carbocycles. The van der Waals surface area contributed by atoms with E-state index in [0.29, 0.717) is 6.42 Å². The fourth-order valence-electron chi connectivity index (χ4n) is 2.43. The van der Waals surface area contributed by atoms with E-state index in [1.165, 1.54) is 11.1 Å². The van der Waals surface area contributed by atoms with E-state index in [0.717, 1.165) is 19.4 Å². The Morgan fingerprint density at radius 3 is 2.84 bits per heavy atom. The highest BCUT2D eigenvalue weighted by Gasteiger charge is 2.27. The van der Waals surface area contributed by atoms with Gasteiger partial charge in [0.1, 0.15) is 6.61 Å². The van der Waals surface area contributed by atoms with E-state index in [4.69, 9.17) is 0 Å². The van der Waals surface area contributed by atoms with E-state index in [1.807, 2.05) is 12.1 Å². The van der Waals surface area contributed by atoms with Gasteiger partial charge in [-0.2, -0.15) is 13.2 Å². The number of ether oxygens (including phenoxy) is 1. The molecule has 1 aliphatic rings. The number of fused-ring (bicyclic) bond motifs is 1. The SMILES string of the molecule is FC(F)(F)COCCCC1NCCc2ccccc21. The van der Waals surface area contributed by atoms with Crippen molar-refractivity contribution in [2.24, 2.45) is 0 Å². The van der Waals surface area contributed by atoms with Gasteiger partial charge in [0.15, 0.2) is 0 Å². The monoisotopic (exact) mass is 273 g/mol. The van der Waals surface area contributed by atoms with Crippen LogP contribution in [-0.4, -0.2) is 25.9 Å². The standard InChI is InChI=1S/C14H18F3NO/c15-14(16,17)10-19-9-3-6-13-12-5-2-1-4-11(12)7-8-18-13/h1-2,4-5,13,18H,3,6-10H2. The van der Waals surface area contributed by atoms with Gasteiger partial charge in [0.2, 0.25) is 0 Å². The fourth-order valence-corrected chi connectivity index (χ4v) is 2.43. The van der Waals surface area contributed by atoms with Crippen LogP contribution in [0.25, 0.3) is 0 Å². The molecule has 5 heteroatoms. The number of hydrogen-bond donors (Lipinski definition) is 1. The van der Waals surface area contributed by atoms with Gasteiger partial charge in [0.05, 0.1) is 0 Å². The lowest BCUT2D eigenvalue weighted by molar-refractivity contribution is -0.174. The number of hydrogen-bond acceptors (Lipinski definition) is 2. The molecule has 106 valence electrons. The normalized spacial score (nSPS) is 19.2. The second kappa shape index (κ2) is 6.39. The van der Waals surface area contributed by atoms with Crippen molar-refractivity contribution in [1.82, 2.24) is 5.32 Å². The van der Waals surface area contributed by atoms with Crippen molar-refractivity contribution in [2.45, 2.75) is 31.5 Å². The summed E-state index contributed by atoms with van der Waals surface area (Å²) in [4.78, 5) is 0. The minimum Gasteiger partial charge on any atom is -0.372 e. The summed E-state index contributed by atoms with van der Waals surface area (Å²) in [7, 11) is 0. The summed E-state index contributed by atoms with van der Waals surface area (Å²) in [5.41, 5.74) is 2.60. The third-order valence-corrected chi connectivity index (χ3v) is 3.26. The third-order valence-electron chi connectivity index (χ3n) is 3.26. The lowest BCUT2D eigenvalue weighted by Crippen LogP contribution is -2.30. The van der Waals surface area contributed by atoms with Gasteiger partial charge < -0.3 is 10.1 Å². The molecule has 1 aromatic rings. The molecule has 0 aliphatic carbocycles. The molecule has 1 N–H and O–H groups in total. The van der Waals surface area contributed by atoms with Crippen LogP contribution in [0, 0.1) is 0 Å². The summed E-state index contributed by atoms with van der Waals surface area (Å²) in [6.45, 7) is -0.0768. The highest BCUT2D eigenvalue weighted by molar-refractivity contribution is 5.32. The van der Waals surface area contributed by atoms with E-state index in [-0.39, 0.29) is 12.6 Å². The minimum absolute atomic E-state index is 0.153. The topological polar surface area (TPSA) is 21.3 Å². The molecule has 0 spiro atoms. The quantitative estimate of drug-likeness (QED) is 0.832. The van der Waals surface area contributed by atoms with Crippen LogP contribution >= 0.6 is 0 Å². The van der Waals surface area contributed by atoms with E-state index in [9.17, 15) is 13.2 Å². The molecule has 2 rings (SSSR count). The molecule has 0 fully saturated rings. The molecule has 0 radical (unpaired) electrons. The molecule has 0 saturated heterocycles. The summed E-state index contributed by atoms with van der Waals surface area (Å²) in [5, 5.41) is 3.40. The predicted octanol–water partition coefficient (Wildman–Crippen LogP) is 3.23. The largest absolute Gasteiger partial charge is 0.411 e. The van der Waals surface area contributed by atoms with Crippen molar-refractivity contribution >= 4 is 0 Å². The Kier molecular flexibility index (Phi) is 4.82. The van der Waals surface area contributed by atoms with Crippen molar-refractivity contribution in [3.63, 3.8) is 0 Å². The van der Waals surface area contributed by atoms with Gasteiger partial charge in [0.25, 0.3) is 0 Å². The number of benzene rings is 1. The summed E-state index contributed by atoms with van der Waals surface area (Å²) in [5.74, 6) is 0. The van der Waals surface area contributed by atoms with Gasteiger partial charge in [0, 0.05) is 12.6 Å². The highest BCUT2D eigenvalue weighted by atomic mass is 19.4. The van der Waals surface area contributed by atoms with E-state index < -0.39 is 12.8 Å². The molecule has 0 bridgehead atoms. The van der Waals surface area contributed by atoms with Crippen LogP contribution in [0.4, 0.5) is 13.2 Å². The van der Waals surface area contributed by atoms with Crippen LogP contribution in [0.5, 0.6) is 0 Å². The summed E-state index contributed by atoms with van der Waals surface area (Å²) < 4.78 is 40.3. The lowest BCUT2D eigenvalue weighted by Gasteiger charge is -2.27. The predicted molar refractivity (Wildman–Crippen MR) is 67.0 cm³/mol. The average Bonchev–Trinajstić information content (AvgIpc) is 2.37. The van der Waals surface area contributed by atoms with Gasteiger partial charge >= 0.3 is 6.18 Å². The van der Waals surface area contributed by atoms with E-state index in [1.54, 1.807) is 0 Å². The van der Waals surface area contributed by atoms with Gasteiger partial charge in [-0.25, -0.2) is 0 Å². The second-order valence-electron chi connectivity index (χ2n) is 4.77. The Bertz CT molecular complexity index is 406. The van der Waals surface area contributed by atoms with E-state index in [2.05, 4.69) is 22.2 Å². The maximum Gasteiger partial charge on any atom is 0.411 e. The summed E-state index contributed by atoms with van der Waals surface area (Å²) in [6, 6.07) is 8.46. The molecule has 19 heavy (non-hydrogen) atoms. The van der Waals surface area contributed by atoms with E-state index >= 15 is 0 Å². The average molecular weight is 273 g/mol. The molecule has 1 unspecified atom stereocenters. The van der Waals surface area contributed by atoms with Crippen LogP contribution in [0.15, 0.2) is 24.3 Å². The van der Waals surface area contributed by atoms with Gasteiger partial charge in [-0.15, -0.1) is 0 Å². The zero-order valence-corrected chi connectivity index (χ0v) is 10.7. The van der Waals surface area contributed by atoms with Crippen molar-refractivity contribution < 1.29 is 17.9 Å². The van der Waals surface area contributed by atoms with Gasteiger partial charge in [-0.05, 0) is 36.9 Å². The number of halogens is 3. The molecule has 1 atom stereocenters. The van der Waals surface area contributed by atoms with Crippen LogP contribution in [0.3, 0.4) is 0 Å². The van der Waals surface area contributed by atoms with Crippen molar-refractivity contribution in [3.05, 3.63) is 35.4 Å². The smallest absolute Gasteiger partial charge is 0.372 e. The van der Waals surface area contributed by atoms with Gasteiger partial charge in [-0.3, -0.25) is 0 Å². The molecular formula is C14H18F3NO. The number of rotatable bonds is 5. The maximum absolute atomic E-state index is 11.9. The summed E-state index contributed by atoms with van der Waals surface area (Å²) >= 11 is 0. The first-order valence-electron chi connectivity index (χ1n) is 6.52.